The van der Waals surface area contributed by atoms with Crippen molar-refractivity contribution in [3.63, 3.8) is 0 Å². The molecule has 1 saturated heterocycles. The Morgan fingerprint density at radius 1 is 1.18 bits per heavy atom. The monoisotopic (exact) mass is 304 g/mol. The maximum Gasteiger partial charge on any atom is 0.243 e. The molecular formula is C18H28N2O2. The van der Waals surface area contributed by atoms with Gasteiger partial charge in [0.25, 0.3) is 0 Å². The summed E-state index contributed by atoms with van der Waals surface area (Å²) in [7, 11) is 0. The van der Waals surface area contributed by atoms with Crippen LogP contribution in [0.25, 0.3) is 0 Å². The minimum absolute atomic E-state index is 0.0223. The summed E-state index contributed by atoms with van der Waals surface area (Å²) in [6.45, 7) is 9.22. The summed E-state index contributed by atoms with van der Waals surface area (Å²) in [4.78, 5) is 27.2. The molecule has 3 fully saturated rings. The first-order valence-electron chi connectivity index (χ1n) is 8.58. The van der Waals surface area contributed by atoms with Crippen LogP contribution in [0.2, 0.25) is 0 Å². The Balaban J connectivity index is 1.68. The van der Waals surface area contributed by atoms with Gasteiger partial charge in [0.1, 0.15) is 6.04 Å². The summed E-state index contributed by atoms with van der Waals surface area (Å²) in [5.74, 6) is 0.598. The summed E-state index contributed by atoms with van der Waals surface area (Å²) in [6, 6.07) is 0.123. The number of allylic oxidation sites excluding steroid dienone is 2. The molecular weight excluding hydrogens is 276 g/mol. The van der Waals surface area contributed by atoms with Crippen LogP contribution in [-0.2, 0) is 9.59 Å². The van der Waals surface area contributed by atoms with Crippen molar-refractivity contribution >= 4 is 11.8 Å². The molecule has 3 rings (SSSR count). The Kier molecular flexibility index (Phi) is 3.82. The topological polar surface area (TPSA) is 49.4 Å². The molecule has 2 aliphatic carbocycles. The normalized spacial score (nSPS) is 32.5. The van der Waals surface area contributed by atoms with E-state index in [9.17, 15) is 9.59 Å². The Bertz CT molecular complexity index is 515. The third kappa shape index (κ3) is 2.80. The number of carbonyl (C=O) groups excluding carboxylic acids is 2. The van der Waals surface area contributed by atoms with Gasteiger partial charge in [0.2, 0.25) is 11.8 Å². The molecule has 0 bridgehead atoms. The van der Waals surface area contributed by atoms with Crippen LogP contribution in [0.1, 0.15) is 53.4 Å². The molecule has 4 heteroatoms. The number of hydrogen-bond acceptors (Lipinski definition) is 2. The highest BCUT2D eigenvalue weighted by Crippen LogP contribution is 2.60. The number of nitrogens with zero attached hydrogens (tertiary/aromatic N) is 1. The molecule has 4 nitrogen and oxygen atoms in total. The molecule has 22 heavy (non-hydrogen) atoms. The van der Waals surface area contributed by atoms with Crippen LogP contribution < -0.4 is 5.32 Å². The van der Waals surface area contributed by atoms with Crippen molar-refractivity contribution < 1.29 is 9.59 Å². The van der Waals surface area contributed by atoms with E-state index in [1.165, 1.54) is 5.57 Å². The smallest absolute Gasteiger partial charge is 0.243 e. The van der Waals surface area contributed by atoms with Crippen LogP contribution in [0, 0.1) is 17.3 Å². The molecule has 0 aromatic heterocycles. The molecule has 122 valence electrons. The Labute approximate surface area is 133 Å². The van der Waals surface area contributed by atoms with Gasteiger partial charge in [0.05, 0.1) is 5.92 Å². The first-order chi connectivity index (χ1) is 10.3. The van der Waals surface area contributed by atoms with Gasteiger partial charge in [-0.25, -0.2) is 0 Å². The predicted octanol–water partition coefficient (Wildman–Crippen LogP) is 2.49. The maximum absolute atomic E-state index is 12.9. The summed E-state index contributed by atoms with van der Waals surface area (Å²) in [5, 5.41) is 3.06. The molecule has 1 heterocycles. The van der Waals surface area contributed by atoms with Gasteiger partial charge in [-0.2, -0.15) is 0 Å². The second kappa shape index (κ2) is 5.39. The number of rotatable bonds is 4. The van der Waals surface area contributed by atoms with Crippen molar-refractivity contribution in [3.8, 4) is 0 Å². The predicted molar refractivity (Wildman–Crippen MR) is 86.1 cm³/mol. The van der Waals surface area contributed by atoms with E-state index in [4.69, 9.17) is 0 Å². The van der Waals surface area contributed by atoms with Crippen LogP contribution in [-0.4, -0.2) is 35.3 Å². The minimum atomic E-state index is -0.239. The first kappa shape index (κ1) is 15.6. The van der Waals surface area contributed by atoms with Gasteiger partial charge < -0.3 is 10.2 Å². The minimum Gasteiger partial charge on any atom is -0.352 e. The number of likely N-dealkylation sites (tertiary alicyclic amines) is 1. The Hall–Kier alpha value is -1.32. The summed E-state index contributed by atoms with van der Waals surface area (Å²) in [6.07, 6.45) is 6.15. The SMILES string of the molecule is CC(C)=C[C@@H]1[C@@H](C(=O)N2CCC[C@H]2C(=O)NC2CC2)C1(C)C. The van der Waals surface area contributed by atoms with Crippen molar-refractivity contribution in [2.75, 3.05) is 6.54 Å². The first-order valence-corrected chi connectivity index (χ1v) is 8.58. The van der Waals surface area contributed by atoms with Gasteiger partial charge in [0, 0.05) is 12.6 Å². The van der Waals surface area contributed by atoms with E-state index in [0.717, 1.165) is 32.2 Å². The molecule has 3 aliphatic rings. The van der Waals surface area contributed by atoms with Crippen molar-refractivity contribution in [2.24, 2.45) is 17.3 Å². The second-order valence-electron chi connectivity index (χ2n) is 8.04. The molecule has 0 radical (unpaired) electrons. The van der Waals surface area contributed by atoms with E-state index in [1.807, 2.05) is 4.90 Å². The lowest BCUT2D eigenvalue weighted by molar-refractivity contribution is -0.140. The molecule has 2 saturated carbocycles. The zero-order valence-electron chi connectivity index (χ0n) is 14.2. The molecule has 0 spiro atoms. The van der Waals surface area contributed by atoms with Crippen molar-refractivity contribution in [2.45, 2.75) is 65.5 Å². The largest absolute Gasteiger partial charge is 0.352 e. The molecule has 0 aromatic rings. The molecule has 3 atom stereocenters. The van der Waals surface area contributed by atoms with Crippen molar-refractivity contribution in [1.29, 1.82) is 0 Å². The van der Waals surface area contributed by atoms with Crippen LogP contribution in [0.4, 0.5) is 0 Å². The number of carbonyl (C=O) groups is 2. The lowest BCUT2D eigenvalue weighted by atomic mass is 10.1. The van der Waals surface area contributed by atoms with E-state index < -0.39 is 0 Å². The van der Waals surface area contributed by atoms with E-state index in [-0.39, 0.29) is 29.2 Å². The quantitative estimate of drug-likeness (QED) is 0.811. The number of amides is 2. The summed E-state index contributed by atoms with van der Waals surface area (Å²) in [5.41, 5.74) is 1.28. The molecule has 2 amide bonds. The fourth-order valence-corrected chi connectivity index (χ4v) is 3.83. The van der Waals surface area contributed by atoms with Gasteiger partial charge in [-0.3, -0.25) is 9.59 Å². The molecule has 1 N–H and O–H groups in total. The molecule has 1 aliphatic heterocycles. The summed E-state index contributed by atoms with van der Waals surface area (Å²) >= 11 is 0. The summed E-state index contributed by atoms with van der Waals surface area (Å²) < 4.78 is 0. The fraction of sp³-hybridized carbons (Fsp3) is 0.778. The number of hydrogen-bond donors (Lipinski definition) is 1. The zero-order valence-corrected chi connectivity index (χ0v) is 14.2. The average molecular weight is 304 g/mol. The Morgan fingerprint density at radius 2 is 1.86 bits per heavy atom. The lowest BCUT2D eigenvalue weighted by Crippen LogP contribution is -2.47. The van der Waals surface area contributed by atoms with Crippen LogP contribution in [0.15, 0.2) is 11.6 Å². The highest BCUT2D eigenvalue weighted by Gasteiger charge is 2.62. The van der Waals surface area contributed by atoms with E-state index in [0.29, 0.717) is 12.0 Å². The fourth-order valence-electron chi connectivity index (χ4n) is 3.83. The van der Waals surface area contributed by atoms with E-state index >= 15 is 0 Å². The average Bonchev–Trinajstić information content (AvgIpc) is 3.24. The van der Waals surface area contributed by atoms with Gasteiger partial charge >= 0.3 is 0 Å². The third-order valence-corrected chi connectivity index (χ3v) is 5.45. The number of nitrogens with one attached hydrogen (secondary N) is 1. The maximum atomic E-state index is 12.9. The van der Waals surface area contributed by atoms with Crippen molar-refractivity contribution in [1.82, 2.24) is 10.2 Å². The lowest BCUT2D eigenvalue weighted by Gasteiger charge is -2.24. The highest BCUT2D eigenvalue weighted by atomic mass is 16.2. The van der Waals surface area contributed by atoms with E-state index in [1.54, 1.807) is 0 Å². The zero-order chi connectivity index (χ0) is 16.1. The van der Waals surface area contributed by atoms with Gasteiger partial charge in [-0.15, -0.1) is 0 Å². The highest BCUT2D eigenvalue weighted by molar-refractivity contribution is 5.91. The van der Waals surface area contributed by atoms with Gasteiger partial charge in [-0.05, 0) is 50.9 Å². The molecule has 0 aromatic carbocycles. The Morgan fingerprint density at radius 3 is 2.45 bits per heavy atom. The van der Waals surface area contributed by atoms with Gasteiger partial charge in [0.15, 0.2) is 0 Å². The van der Waals surface area contributed by atoms with Crippen LogP contribution >= 0.6 is 0 Å². The second-order valence-corrected chi connectivity index (χ2v) is 8.04. The third-order valence-electron chi connectivity index (χ3n) is 5.45. The van der Waals surface area contributed by atoms with E-state index in [2.05, 4.69) is 39.1 Å². The van der Waals surface area contributed by atoms with Gasteiger partial charge in [-0.1, -0.05) is 25.5 Å². The molecule has 0 unspecified atom stereocenters. The standard InChI is InChI=1S/C18H28N2O2/c1-11(2)10-13-15(18(13,3)4)17(22)20-9-5-6-14(20)16(21)19-12-7-8-12/h10,12-15H,5-9H2,1-4H3,(H,19,21)/t13-,14+,15+/m1/s1. The van der Waals surface area contributed by atoms with Crippen LogP contribution in [0.3, 0.4) is 0 Å². The van der Waals surface area contributed by atoms with Crippen LogP contribution in [0.5, 0.6) is 0 Å². The van der Waals surface area contributed by atoms with Crippen molar-refractivity contribution in [3.05, 3.63) is 11.6 Å².